The molecule has 4 aliphatic carbocycles. The molecule has 0 aliphatic heterocycles. The maximum Gasteiger partial charge on any atom is 0.0634 e. The highest BCUT2D eigenvalue weighted by Crippen LogP contribution is 2.70. The highest BCUT2D eigenvalue weighted by Gasteiger charge is 2.62. The molecule has 0 radical (unpaired) electrons. The van der Waals surface area contributed by atoms with Gasteiger partial charge in [0, 0.05) is 0 Å². The molecule has 4 saturated carbocycles. The van der Waals surface area contributed by atoms with Crippen molar-refractivity contribution in [2.75, 3.05) is 6.54 Å². The zero-order chi connectivity index (χ0) is 13.2. The first-order chi connectivity index (χ1) is 8.30. The molecule has 104 valence electrons. The van der Waals surface area contributed by atoms with Crippen LogP contribution in [-0.2, 0) is 0 Å². The van der Waals surface area contributed by atoms with Crippen molar-refractivity contribution in [3.8, 4) is 0 Å². The van der Waals surface area contributed by atoms with E-state index in [9.17, 15) is 5.11 Å². The fourth-order valence-electron chi connectivity index (χ4n) is 6.60. The summed E-state index contributed by atoms with van der Waals surface area (Å²) in [6.07, 6.45) is 7.70. The Hall–Kier alpha value is -0.0800. The fraction of sp³-hybridized carbons (Fsp3) is 1.00. The zero-order valence-electron chi connectivity index (χ0n) is 12.2. The van der Waals surface area contributed by atoms with Crippen LogP contribution in [0.15, 0.2) is 0 Å². The maximum atomic E-state index is 10.8. The SMILES string of the molecule is CC(CN)C(O)C12CC3CC(C)(CC(C)(C3)C1)C2. The molecule has 0 heterocycles. The van der Waals surface area contributed by atoms with E-state index in [0.29, 0.717) is 17.4 Å². The largest absolute Gasteiger partial charge is 0.392 e. The summed E-state index contributed by atoms with van der Waals surface area (Å²) in [7, 11) is 0. The topological polar surface area (TPSA) is 46.2 Å². The molecular formula is C16H29NO. The maximum absolute atomic E-state index is 10.8. The lowest BCUT2D eigenvalue weighted by Crippen LogP contribution is -2.60. The highest BCUT2D eigenvalue weighted by atomic mass is 16.3. The lowest BCUT2D eigenvalue weighted by Gasteiger charge is -2.67. The average Bonchev–Trinajstić information content (AvgIpc) is 2.22. The summed E-state index contributed by atoms with van der Waals surface area (Å²) in [6.45, 7) is 7.66. The summed E-state index contributed by atoms with van der Waals surface area (Å²) in [5.74, 6) is 1.10. The minimum atomic E-state index is -0.190. The third-order valence-electron chi connectivity index (χ3n) is 6.21. The van der Waals surface area contributed by atoms with Gasteiger partial charge in [-0.25, -0.2) is 0 Å². The van der Waals surface area contributed by atoms with Crippen molar-refractivity contribution in [2.45, 2.75) is 65.4 Å². The van der Waals surface area contributed by atoms with Crippen LogP contribution in [0.2, 0.25) is 0 Å². The summed E-state index contributed by atoms with van der Waals surface area (Å²) >= 11 is 0. The first kappa shape index (κ1) is 12.9. The van der Waals surface area contributed by atoms with Crippen molar-refractivity contribution >= 4 is 0 Å². The molecular weight excluding hydrogens is 222 g/mol. The van der Waals surface area contributed by atoms with Crippen LogP contribution in [0, 0.1) is 28.1 Å². The van der Waals surface area contributed by atoms with Crippen LogP contribution in [0.1, 0.15) is 59.3 Å². The van der Waals surface area contributed by atoms with Crippen molar-refractivity contribution in [3.63, 3.8) is 0 Å². The summed E-state index contributed by atoms with van der Waals surface area (Å²) < 4.78 is 0. The van der Waals surface area contributed by atoms with Crippen LogP contribution in [0.5, 0.6) is 0 Å². The van der Waals surface area contributed by atoms with E-state index in [1.165, 1.54) is 38.5 Å². The molecule has 0 spiro atoms. The third kappa shape index (κ3) is 1.76. The van der Waals surface area contributed by atoms with E-state index in [0.717, 1.165) is 5.92 Å². The Balaban J connectivity index is 1.93. The van der Waals surface area contributed by atoms with Gasteiger partial charge in [0.2, 0.25) is 0 Å². The number of nitrogens with two attached hydrogens (primary N) is 1. The van der Waals surface area contributed by atoms with Gasteiger partial charge in [0.25, 0.3) is 0 Å². The van der Waals surface area contributed by atoms with Crippen LogP contribution in [0.25, 0.3) is 0 Å². The standard InChI is InChI=1S/C16H29NO/c1-11(7-17)13(18)16-6-12-4-14(2,9-16)8-15(3,5-12)10-16/h11-13,18H,4-10,17H2,1-3H3. The van der Waals surface area contributed by atoms with Crippen molar-refractivity contribution in [1.29, 1.82) is 0 Å². The molecule has 4 bridgehead atoms. The second-order valence-electron chi connectivity index (χ2n) is 8.65. The summed E-state index contributed by atoms with van der Waals surface area (Å²) in [6, 6.07) is 0. The average molecular weight is 251 g/mol. The van der Waals surface area contributed by atoms with Crippen LogP contribution in [0.3, 0.4) is 0 Å². The summed E-state index contributed by atoms with van der Waals surface area (Å²) in [5, 5.41) is 10.8. The van der Waals surface area contributed by atoms with Gasteiger partial charge in [0.15, 0.2) is 0 Å². The zero-order valence-corrected chi connectivity index (χ0v) is 12.2. The van der Waals surface area contributed by atoms with Gasteiger partial charge in [0.1, 0.15) is 0 Å². The second kappa shape index (κ2) is 3.73. The molecule has 0 amide bonds. The predicted octanol–water partition coefficient (Wildman–Crippen LogP) is 2.94. The Bertz CT molecular complexity index is 335. The van der Waals surface area contributed by atoms with Gasteiger partial charge in [-0.2, -0.15) is 0 Å². The first-order valence-corrected chi connectivity index (χ1v) is 7.68. The van der Waals surface area contributed by atoms with Gasteiger partial charge in [-0.15, -0.1) is 0 Å². The molecule has 0 aromatic carbocycles. The molecule has 4 rings (SSSR count). The van der Waals surface area contributed by atoms with Crippen molar-refractivity contribution in [1.82, 2.24) is 0 Å². The fourth-order valence-corrected chi connectivity index (χ4v) is 6.60. The smallest absolute Gasteiger partial charge is 0.0634 e. The number of aliphatic hydroxyl groups excluding tert-OH is 1. The van der Waals surface area contributed by atoms with E-state index in [2.05, 4.69) is 20.8 Å². The minimum Gasteiger partial charge on any atom is -0.392 e. The molecule has 0 aromatic rings. The highest BCUT2D eigenvalue weighted by molar-refractivity contribution is 5.12. The molecule has 4 atom stereocenters. The van der Waals surface area contributed by atoms with Crippen LogP contribution >= 0.6 is 0 Å². The molecule has 0 saturated heterocycles. The quantitative estimate of drug-likeness (QED) is 0.810. The van der Waals surface area contributed by atoms with Gasteiger partial charge in [0.05, 0.1) is 6.10 Å². The van der Waals surface area contributed by atoms with Crippen LogP contribution < -0.4 is 5.73 Å². The molecule has 4 unspecified atom stereocenters. The van der Waals surface area contributed by atoms with Crippen molar-refractivity contribution in [2.24, 2.45) is 33.8 Å². The molecule has 0 aromatic heterocycles. The number of hydrogen-bond donors (Lipinski definition) is 2. The molecule has 4 fully saturated rings. The summed E-state index contributed by atoms with van der Waals surface area (Å²) in [5.41, 5.74) is 6.96. The van der Waals surface area contributed by atoms with Crippen LogP contribution in [-0.4, -0.2) is 17.8 Å². The number of hydrogen-bond acceptors (Lipinski definition) is 2. The molecule has 4 aliphatic rings. The first-order valence-electron chi connectivity index (χ1n) is 7.68. The summed E-state index contributed by atoms with van der Waals surface area (Å²) in [4.78, 5) is 0. The third-order valence-corrected chi connectivity index (χ3v) is 6.21. The Labute approximate surface area is 111 Å². The van der Waals surface area contributed by atoms with E-state index in [1.807, 2.05) is 0 Å². The van der Waals surface area contributed by atoms with Gasteiger partial charge in [-0.1, -0.05) is 20.8 Å². The Morgan fingerprint density at radius 2 is 1.67 bits per heavy atom. The molecule has 2 heteroatoms. The van der Waals surface area contributed by atoms with Gasteiger partial charge in [-0.05, 0) is 73.2 Å². The van der Waals surface area contributed by atoms with E-state index in [1.54, 1.807) is 0 Å². The number of rotatable bonds is 3. The molecule has 2 nitrogen and oxygen atoms in total. The van der Waals surface area contributed by atoms with Gasteiger partial charge in [-0.3, -0.25) is 0 Å². The van der Waals surface area contributed by atoms with E-state index in [4.69, 9.17) is 5.73 Å². The lowest BCUT2D eigenvalue weighted by atomic mass is 9.39. The lowest BCUT2D eigenvalue weighted by molar-refractivity contribution is -0.194. The predicted molar refractivity (Wildman–Crippen MR) is 74.1 cm³/mol. The monoisotopic (exact) mass is 251 g/mol. The van der Waals surface area contributed by atoms with Crippen molar-refractivity contribution < 1.29 is 5.11 Å². The molecule has 18 heavy (non-hydrogen) atoms. The van der Waals surface area contributed by atoms with Crippen LogP contribution in [0.4, 0.5) is 0 Å². The number of aliphatic hydroxyl groups is 1. The van der Waals surface area contributed by atoms with E-state index < -0.39 is 0 Å². The Morgan fingerprint density at radius 3 is 2.11 bits per heavy atom. The van der Waals surface area contributed by atoms with Crippen molar-refractivity contribution in [3.05, 3.63) is 0 Å². The minimum absolute atomic E-state index is 0.182. The van der Waals surface area contributed by atoms with Gasteiger partial charge < -0.3 is 10.8 Å². The molecule has 3 N–H and O–H groups in total. The van der Waals surface area contributed by atoms with E-state index in [-0.39, 0.29) is 17.4 Å². The Morgan fingerprint density at radius 1 is 1.11 bits per heavy atom. The second-order valence-corrected chi connectivity index (χ2v) is 8.65. The van der Waals surface area contributed by atoms with E-state index >= 15 is 0 Å². The Kier molecular flexibility index (Phi) is 2.68. The normalized spacial score (nSPS) is 53.5. The van der Waals surface area contributed by atoms with Gasteiger partial charge >= 0.3 is 0 Å².